The van der Waals surface area contributed by atoms with Crippen LogP contribution in [0.15, 0.2) is 47.5 Å². The molecule has 2 aromatic rings. The number of benzene rings is 2. The Morgan fingerprint density at radius 3 is 2.37 bits per heavy atom. The maximum absolute atomic E-state index is 8.85. The molecule has 0 saturated carbocycles. The summed E-state index contributed by atoms with van der Waals surface area (Å²) in [5, 5.41) is 15.5. The number of hydrogen-bond acceptors (Lipinski definition) is 3. The lowest BCUT2D eigenvalue weighted by Gasteiger charge is -2.17. The molecule has 6 heteroatoms. The number of nitriles is 1. The van der Waals surface area contributed by atoms with Gasteiger partial charge in [-0.25, -0.2) is 0 Å². The zero-order valence-electron chi connectivity index (χ0n) is 16.2. The first-order valence-corrected chi connectivity index (χ1v) is 8.71. The second-order valence-electron chi connectivity index (χ2n) is 6.37. The molecule has 0 spiro atoms. The molecule has 2 N–H and O–H groups in total. The zero-order valence-corrected chi connectivity index (χ0v) is 18.6. The summed E-state index contributed by atoms with van der Waals surface area (Å²) in [5.41, 5.74) is 4.01. The summed E-state index contributed by atoms with van der Waals surface area (Å²) in [6.07, 6.45) is 0.129. The molecule has 0 amide bonds. The summed E-state index contributed by atoms with van der Waals surface area (Å²) in [7, 11) is 1.74. The molecule has 2 rings (SSSR count). The van der Waals surface area contributed by atoms with Crippen LogP contribution >= 0.6 is 24.0 Å². The molecule has 0 aliphatic heterocycles. The Bertz CT molecular complexity index is 795. The van der Waals surface area contributed by atoms with Crippen LogP contribution in [0, 0.1) is 18.3 Å². The fraction of sp³-hybridized carbons (Fsp3) is 0.333. The molecule has 5 nitrogen and oxygen atoms in total. The molecule has 0 aromatic heterocycles. The van der Waals surface area contributed by atoms with Crippen molar-refractivity contribution in [3.63, 3.8) is 0 Å². The summed E-state index contributed by atoms with van der Waals surface area (Å²) in [6.45, 7) is 7.36. The Morgan fingerprint density at radius 1 is 1.11 bits per heavy atom. The SMILES string of the molecule is CN=C(NCc1ccc(C#N)cc1)NCc1ccc(C)cc1OC(C)C.I. The van der Waals surface area contributed by atoms with Crippen LogP contribution in [-0.2, 0) is 13.1 Å². The van der Waals surface area contributed by atoms with E-state index in [1.54, 1.807) is 7.05 Å². The normalized spacial score (nSPS) is 10.7. The minimum Gasteiger partial charge on any atom is -0.491 e. The maximum atomic E-state index is 8.85. The third kappa shape index (κ3) is 7.47. The van der Waals surface area contributed by atoms with E-state index in [-0.39, 0.29) is 30.1 Å². The van der Waals surface area contributed by atoms with Crippen LogP contribution in [0.2, 0.25) is 0 Å². The number of guanidine groups is 1. The lowest BCUT2D eigenvalue weighted by atomic mass is 10.1. The van der Waals surface area contributed by atoms with Crippen molar-refractivity contribution in [2.75, 3.05) is 7.05 Å². The molecule has 0 saturated heterocycles. The van der Waals surface area contributed by atoms with E-state index in [1.165, 1.54) is 5.56 Å². The predicted molar refractivity (Wildman–Crippen MR) is 121 cm³/mol. The van der Waals surface area contributed by atoms with Gasteiger partial charge >= 0.3 is 0 Å². The van der Waals surface area contributed by atoms with Crippen LogP contribution < -0.4 is 15.4 Å². The van der Waals surface area contributed by atoms with Crippen molar-refractivity contribution < 1.29 is 4.74 Å². The fourth-order valence-electron chi connectivity index (χ4n) is 2.45. The highest BCUT2D eigenvalue weighted by molar-refractivity contribution is 14.0. The smallest absolute Gasteiger partial charge is 0.191 e. The number of halogens is 1. The van der Waals surface area contributed by atoms with Gasteiger partial charge in [-0.1, -0.05) is 24.3 Å². The largest absolute Gasteiger partial charge is 0.491 e. The number of aliphatic imine (C=N–C) groups is 1. The fourth-order valence-corrected chi connectivity index (χ4v) is 2.45. The molecule has 0 heterocycles. The van der Waals surface area contributed by atoms with E-state index in [2.05, 4.69) is 46.8 Å². The van der Waals surface area contributed by atoms with Crippen molar-refractivity contribution in [1.82, 2.24) is 10.6 Å². The van der Waals surface area contributed by atoms with Gasteiger partial charge in [0.15, 0.2) is 5.96 Å². The van der Waals surface area contributed by atoms with E-state index in [4.69, 9.17) is 10.00 Å². The molecule has 0 bridgehead atoms. The van der Waals surface area contributed by atoms with Gasteiger partial charge in [0.2, 0.25) is 0 Å². The Hall–Kier alpha value is -2.27. The Kier molecular flexibility index (Phi) is 9.65. The Balaban J connectivity index is 0.00000364. The van der Waals surface area contributed by atoms with E-state index >= 15 is 0 Å². The number of hydrogen-bond donors (Lipinski definition) is 2. The summed E-state index contributed by atoms with van der Waals surface area (Å²) >= 11 is 0. The summed E-state index contributed by atoms with van der Waals surface area (Å²) in [5.74, 6) is 1.61. The Labute approximate surface area is 178 Å². The first kappa shape index (κ1) is 22.8. The minimum atomic E-state index is 0. The lowest BCUT2D eigenvalue weighted by molar-refractivity contribution is 0.239. The van der Waals surface area contributed by atoms with Crippen LogP contribution in [0.3, 0.4) is 0 Å². The van der Waals surface area contributed by atoms with Crippen LogP contribution in [0.25, 0.3) is 0 Å². The van der Waals surface area contributed by atoms with Gasteiger partial charge in [-0.15, -0.1) is 24.0 Å². The van der Waals surface area contributed by atoms with Crippen molar-refractivity contribution in [3.8, 4) is 11.8 Å². The average Bonchev–Trinajstić information content (AvgIpc) is 2.63. The molecule has 0 fully saturated rings. The number of nitrogens with zero attached hydrogens (tertiary/aromatic N) is 2. The van der Waals surface area contributed by atoms with Gasteiger partial charge in [0, 0.05) is 25.7 Å². The van der Waals surface area contributed by atoms with Gasteiger partial charge in [0.25, 0.3) is 0 Å². The van der Waals surface area contributed by atoms with Gasteiger partial charge in [0.05, 0.1) is 17.7 Å². The van der Waals surface area contributed by atoms with Crippen molar-refractivity contribution in [1.29, 1.82) is 5.26 Å². The van der Waals surface area contributed by atoms with Gasteiger partial charge < -0.3 is 15.4 Å². The van der Waals surface area contributed by atoms with Crippen LogP contribution in [0.5, 0.6) is 5.75 Å². The van der Waals surface area contributed by atoms with Gasteiger partial charge in [-0.3, -0.25) is 4.99 Å². The second kappa shape index (κ2) is 11.4. The molecular weight excluding hydrogens is 451 g/mol. The van der Waals surface area contributed by atoms with Crippen LogP contribution in [0.4, 0.5) is 0 Å². The maximum Gasteiger partial charge on any atom is 0.191 e. The average molecular weight is 478 g/mol. The summed E-state index contributed by atoms with van der Waals surface area (Å²) in [6, 6.07) is 15.8. The second-order valence-corrected chi connectivity index (χ2v) is 6.37. The van der Waals surface area contributed by atoms with E-state index in [9.17, 15) is 0 Å². The minimum absolute atomic E-state index is 0. The molecule has 0 aliphatic carbocycles. The molecule has 2 aromatic carbocycles. The van der Waals surface area contributed by atoms with Crippen molar-refractivity contribution in [2.24, 2.45) is 4.99 Å². The number of aryl methyl sites for hydroxylation is 1. The number of ether oxygens (including phenoxy) is 1. The monoisotopic (exact) mass is 478 g/mol. The van der Waals surface area contributed by atoms with Crippen molar-refractivity contribution >= 4 is 29.9 Å². The molecule has 0 radical (unpaired) electrons. The molecule has 0 unspecified atom stereocenters. The molecule has 27 heavy (non-hydrogen) atoms. The molecule has 0 aliphatic rings. The van der Waals surface area contributed by atoms with Crippen LogP contribution in [0.1, 0.15) is 36.1 Å². The van der Waals surface area contributed by atoms with Gasteiger partial charge in [0.1, 0.15) is 5.75 Å². The van der Waals surface area contributed by atoms with E-state index in [1.807, 2.05) is 38.1 Å². The number of nitrogens with one attached hydrogen (secondary N) is 2. The quantitative estimate of drug-likeness (QED) is 0.372. The van der Waals surface area contributed by atoms with Crippen molar-refractivity contribution in [2.45, 2.75) is 40.0 Å². The topological polar surface area (TPSA) is 69.4 Å². The third-order valence-electron chi connectivity index (χ3n) is 3.80. The van der Waals surface area contributed by atoms with E-state index < -0.39 is 0 Å². The van der Waals surface area contributed by atoms with E-state index in [0.717, 1.165) is 16.9 Å². The Morgan fingerprint density at radius 2 is 1.78 bits per heavy atom. The van der Waals surface area contributed by atoms with Crippen LogP contribution in [-0.4, -0.2) is 19.1 Å². The van der Waals surface area contributed by atoms with E-state index in [0.29, 0.717) is 24.6 Å². The highest BCUT2D eigenvalue weighted by Crippen LogP contribution is 2.21. The summed E-state index contributed by atoms with van der Waals surface area (Å²) < 4.78 is 5.92. The highest BCUT2D eigenvalue weighted by Gasteiger charge is 2.07. The third-order valence-corrected chi connectivity index (χ3v) is 3.80. The molecular formula is C21H27IN4O. The molecule has 0 atom stereocenters. The molecule has 144 valence electrons. The predicted octanol–water partition coefficient (Wildman–Crippen LogP) is 4.14. The first-order chi connectivity index (χ1) is 12.5. The van der Waals surface area contributed by atoms with Gasteiger partial charge in [-0.2, -0.15) is 5.26 Å². The highest BCUT2D eigenvalue weighted by atomic mass is 127. The van der Waals surface area contributed by atoms with Gasteiger partial charge in [-0.05, 0) is 50.1 Å². The zero-order chi connectivity index (χ0) is 18.9. The van der Waals surface area contributed by atoms with Crippen molar-refractivity contribution in [3.05, 3.63) is 64.7 Å². The summed E-state index contributed by atoms with van der Waals surface area (Å²) in [4.78, 5) is 4.26. The number of rotatable bonds is 6. The lowest BCUT2D eigenvalue weighted by Crippen LogP contribution is -2.36. The standard InChI is InChI=1S/C21H26N4O.HI/c1-15(2)26-20-11-16(3)5-10-19(20)14-25-21(23-4)24-13-18-8-6-17(12-22)7-9-18;/h5-11,15H,13-14H2,1-4H3,(H2,23,24,25);1H. The first-order valence-electron chi connectivity index (χ1n) is 8.71.